The van der Waals surface area contributed by atoms with Crippen molar-refractivity contribution < 1.29 is 22.6 Å². The Kier molecular flexibility index (Phi) is 6.72. The fourth-order valence-electron chi connectivity index (χ4n) is 5.04. The molecule has 1 heterocycles. The molecule has 4 rings (SSSR count). The van der Waals surface area contributed by atoms with Crippen LogP contribution < -0.4 is 20.1 Å². The first kappa shape index (κ1) is 22.0. The van der Waals surface area contributed by atoms with Crippen LogP contribution in [0.3, 0.4) is 0 Å². The van der Waals surface area contributed by atoms with E-state index >= 15 is 0 Å². The van der Waals surface area contributed by atoms with Crippen molar-refractivity contribution in [3.63, 3.8) is 0 Å². The monoisotopic (exact) mass is 434 g/mol. The standard InChI is InChI=1S/C24H29F3N2O2/c1-30-22-12-11-19(31-24(25,26)27)13-18(22)15-28-21-14-17-9-5-6-10-20(17)29-23(21)16-7-3-2-4-8-16/h2-4,7-8,11-13,17,20-21,23,28-29H,5-6,9-10,14-15H2,1H3. The zero-order valence-electron chi connectivity index (χ0n) is 17.6. The first-order valence-electron chi connectivity index (χ1n) is 10.9. The Morgan fingerprint density at radius 3 is 2.58 bits per heavy atom. The summed E-state index contributed by atoms with van der Waals surface area (Å²) < 4.78 is 47.4. The number of benzene rings is 2. The number of halogens is 3. The molecule has 0 spiro atoms. The molecule has 0 radical (unpaired) electrons. The van der Waals surface area contributed by atoms with Crippen LogP contribution in [-0.2, 0) is 6.54 Å². The number of hydrogen-bond donors (Lipinski definition) is 2. The molecule has 0 aromatic heterocycles. The van der Waals surface area contributed by atoms with Gasteiger partial charge in [-0.2, -0.15) is 0 Å². The second-order valence-corrected chi connectivity index (χ2v) is 8.45. The second kappa shape index (κ2) is 9.49. The third-order valence-corrected chi connectivity index (χ3v) is 6.46. The lowest BCUT2D eigenvalue weighted by molar-refractivity contribution is -0.274. The molecule has 1 aliphatic carbocycles. The number of methoxy groups -OCH3 is 1. The highest BCUT2D eigenvalue weighted by Gasteiger charge is 2.38. The summed E-state index contributed by atoms with van der Waals surface area (Å²) in [6.07, 6.45) is 1.26. The molecule has 4 unspecified atom stereocenters. The summed E-state index contributed by atoms with van der Waals surface area (Å²) in [6.45, 7) is 0.394. The molecule has 1 saturated carbocycles. The van der Waals surface area contributed by atoms with Gasteiger partial charge in [0.1, 0.15) is 11.5 Å². The van der Waals surface area contributed by atoms with Crippen molar-refractivity contribution in [2.45, 2.75) is 63.1 Å². The average molecular weight is 435 g/mol. The summed E-state index contributed by atoms with van der Waals surface area (Å²) >= 11 is 0. The van der Waals surface area contributed by atoms with Gasteiger partial charge < -0.3 is 20.1 Å². The molecule has 2 fully saturated rings. The van der Waals surface area contributed by atoms with Crippen molar-refractivity contribution in [2.24, 2.45) is 5.92 Å². The fourth-order valence-corrected chi connectivity index (χ4v) is 5.04. The molecule has 4 nitrogen and oxygen atoms in total. The van der Waals surface area contributed by atoms with Crippen LogP contribution in [0.15, 0.2) is 48.5 Å². The third kappa shape index (κ3) is 5.52. The number of hydrogen-bond acceptors (Lipinski definition) is 4. The van der Waals surface area contributed by atoms with E-state index in [-0.39, 0.29) is 17.8 Å². The number of fused-ring (bicyclic) bond motifs is 1. The fraction of sp³-hybridized carbons (Fsp3) is 0.500. The summed E-state index contributed by atoms with van der Waals surface area (Å²) in [4.78, 5) is 0. The molecule has 4 atom stereocenters. The Morgan fingerprint density at radius 2 is 1.84 bits per heavy atom. The van der Waals surface area contributed by atoms with Gasteiger partial charge in [0.25, 0.3) is 0 Å². The predicted molar refractivity (Wildman–Crippen MR) is 113 cm³/mol. The van der Waals surface area contributed by atoms with Gasteiger partial charge in [-0.3, -0.25) is 0 Å². The van der Waals surface area contributed by atoms with Gasteiger partial charge in [-0.05, 0) is 48.9 Å². The Labute approximate surface area is 181 Å². The molecular weight excluding hydrogens is 405 g/mol. The second-order valence-electron chi connectivity index (χ2n) is 8.45. The lowest BCUT2D eigenvalue weighted by Crippen LogP contribution is -2.55. The Balaban J connectivity index is 1.53. The number of alkyl halides is 3. The van der Waals surface area contributed by atoms with Crippen molar-refractivity contribution >= 4 is 0 Å². The maximum absolute atomic E-state index is 12.7. The van der Waals surface area contributed by atoms with Crippen LogP contribution in [-0.4, -0.2) is 25.6 Å². The van der Waals surface area contributed by atoms with E-state index in [0.29, 0.717) is 29.8 Å². The van der Waals surface area contributed by atoms with Crippen LogP contribution in [0.4, 0.5) is 13.2 Å². The van der Waals surface area contributed by atoms with E-state index in [1.807, 2.05) is 18.2 Å². The minimum Gasteiger partial charge on any atom is -0.496 e. The highest BCUT2D eigenvalue weighted by atomic mass is 19.4. The lowest BCUT2D eigenvalue weighted by Gasteiger charge is -2.45. The summed E-state index contributed by atoms with van der Waals surface area (Å²) in [5.74, 6) is 0.921. The van der Waals surface area contributed by atoms with Gasteiger partial charge in [-0.15, -0.1) is 13.2 Å². The quantitative estimate of drug-likeness (QED) is 0.644. The first-order chi connectivity index (χ1) is 14.9. The van der Waals surface area contributed by atoms with E-state index in [1.54, 1.807) is 0 Å². The van der Waals surface area contributed by atoms with E-state index in [0.717, 1.165) is 6.42 Å². The number of nitrogens with one attached hydrogen (secondary N) is 2. The molecule has 31 heavy (non-hydrogen) atoms. The molecule has 7 heteroatoms. The molecule has 2 aliphatic rings. The predicted octanol–water partition coefficient (Wildman–Crippen LogP) is 5.35. The highest BCUT2D eigenvalue weighted by Crippen LogP contribution is 2.37. The van der Waals surface area contributed by atoms with Crippen molar-refractivity contribution in [2.75, 3.05) is 7.11 Å². The highest BCUT2D eigenvalue weighted by molar-refractivity contribution is 5.40. The largest absolute Gasteiger partial charge is 0.573 e. The van der Waals surface area contributed by atoms with E-state index in [2.05, 4.69) is 27.5 Å². The molecule has 2 aromatic rings. The van der Waals surface area contributed by atoms with Crippen molar-refractivity contribution in [3.05, 3.63) is 59.7 Å². The van der Waals surface area contributed by atoms with E-state index < -0.39 is 6.36 Å². The van der Waals surface area contributed by atoms with Crippen LogP contribution in [0.5, 0.6) is 11.5 Å². The van der Waals surface area contributed by atoms with Crippen LogP contribution in [0.2, 0.25) is 0 Å². The molecule has 168 valence electrons. The summed E-state index contributed by atoms with van der Waals surface area (Å²) in [6, 6.07) is 15.4. The maximum atomic E-state index is 12.7. The van der Waals surface area contributed by atoms with Gasteiger partial charge in [0.05, 0.1) is 7.11 Å². The third-order valence-electron chi connectivity index (χ3n) is 6.46. The normalized spacial score (nSPS) is 26.2. The first-order valence-corrected chi connectivity index (χ1v) is 10.9. The van der Waals surface area contributed by atoms with Crippen molar-refractivity contribution in [1.29, 1.82) is 0 Å². The summed E-state index contributed by atoms with van der Waals surface area (Å²) in [5.41, 5.74) is 1.87. The number of piperidine rings is 1. The summed E-state index contributed by atoms with van der Waals surface area (Å²) in [5, 5.41) is 7.47. The smallest absolute Gasteiger partial charge is 0.496 e. The molecule has 1 aliphatic heterocycles. The number of rotatable bonds is 6. The van der Waals surface area contributed by atoms with Gasteiger partial charge in [-0.25, -0.2) is 0 Å². The van der Waals surface area contributed by atoms with Gasteiger partial charge >= 0.3 is 6.36 Å². The molecule has 0 bridgehead atoms. The van der Waals surface area contributed by atoms with E-state index in [4.69, 9.17) is 4.74 Å². The van der Waals surface area contributed by atoms with Crippen LogP contribution in [0.1, 0.15) is 49.3 Å². The molecular formula is C24H29F3N2O2. The van der Waals surface area contributed by atoms with Crippen molar-refractivity contribution in [1.82, 2.24) is 10.6 Å². The molecule has 2 aromatic carbocycles. The van der Waals surface area contributed by atoms with E-state index in [1.165, 1.54) is 56.6 Å². The number of ether oxygens (including phenoxy) is 2. The Morgan fingerprint density at radius 1 is 1.06 bits per heavy atom. The van der Waals surface area contributed by atoms with E-state index in [9.17, 15) is 13.2 Å². The zero-order chi connectivity index (χ0) is 21.8. The minimum absolute atomic E-state index is 0.154. The molecule has 2 N–H and O–H groups in total. The average Bonchev–Trinajstić information content (AvgIpc) is 2.76. The van der Waals surface area contributed by atoms with Crippen LogP contribution in [0, 0.1) is 5.92 Å². The summed E-state index contributed by atoms with van der Waals surface area (Å²) in [7, 11) is 1.52. The molecule has 1 saturated heterocycles. The minimum atomic E-state index is -4.72. The molecule has 0 amide bonds. The van der Waals surface area contributed by atoms with Crippen molar-refractivity contribution in [3.8, 4) is 11.5 Å². The Bertz CT molecular complexity index is 860. The van der Waals surface area contributed by atoms with Gasteiger partial charge in [0.15, 0.2) is 0 Å². The van der Waals surface area contributed by atoms with Crippen LogP contribution in [0.25, 0.3) is 0 Å². The SMILES string of the molecule is COc1ccc(OC(F)(F)F)cc1CNC1CC2CCCCC2NC1c1ccccc1. The van der Waals surface area contributed by atoms with Gasteiger partial charge in [-0.1, -0.05) is 43.2 Å². The lowest BCUT2D eigenvalue weighted by atomic mass is 9.74. The topological polar surface area (TPSA) is 42.5 Å². The Hall–Kier alpha value is -2.25. The maximum Gasteiger partial charge on any atom is 0.573 e. The van der Waals surface area contributed by atoms with Gasteiger partial charge in [0.2, 0.25) is 0 Å². The zero-order valence-corrected chi connectivity index (χ0v) is 17.6. The van der Waals surface area contributed by atoms with Crippen LogP contribution >= 0.6 is 0 Å². The van der Waals surface area contributed by atoms with Gasteiger partial charge in [0, 0.05) is 30.2 Å².